The molecule has 3 nitrogen and oxygen atoms in total. The average Bonchev–Trinajstić information content (AvgIpc) is 2.48. The normalized spacial score (nSPS) is 12.2. The Labute approximate surface area is 127 Å². The Bertz CT molecular complexity index is 569. The fraction of sp³-hybridized carbons (Fsp3) is 0.312. The third kappa shape index (κ3) is 3.58. The summed E-state index contributed by atoms with van der Waals surface area (Å²) in [4.78, 5) is 4.38. The fourth-order valence-corrected chi connectivity index (χ4v) is 2.44. The van der Waals surface area contributed by atoms with Crippen LogP contribution in [-0.4, -0.2) is 17.2 Å². The quantitative estimate of drug-likeness (QED) is 0.905. The molecule has 1 aromatic heterocycles. The van der Waals surface area contributed by atoms with E-state index in [2.05, 4.69) is 27.8 Å². The van der Waals surface area contributed by atoms with Gasteiger partial charge >= 0.3 is 0 Å². The summed E-state index contributed by atoms with van der Waals surface area (Å²) < 4.78 is 6.21. The SMILES string of the molecule is CCc1ccc(CC(O)c2cc(Br)ccc2OC)nc1. The summed E-state index contributed by atoms with van der Waals surface area (Å²) in [5, 5.41) is 10.4. The minimum atomic E-state index is -0.637. The van der Waals surface area contributed by atoms with Gasteiger partial charge in [-0.1, -0.05) is 28.9 Å². The number of aryl methyl sites for hydroxylation is 1. The van der Waals surface area contributed by atoms with Crippen molar-refractivity contribution < 1.29 is 9.84 Å². The zero-order valence-electron chi connectivity index (χ0n) is 11.6. The second kappa shape index (κ2) is 6.86. The lowest BCUT2D eigenvalue weighted by atomic mass is 10.0. The van der Waals surface area contributed by atoms with E-state index >= 15 is 0 Å². The van der Waals surface area contributed by atoms with Crippen molar-refractivity contribution in [1.82, 2.24) is 4.98 Å². The highest BCUT2D eigenvalue weighted by Crippen LogP contribution is 2.30. The predicted octanol–water partition coefficient (Wildman–Crippen LogP) is 3.69. The molecular formula is C16H18BrNO2. The average molecular weight is 336 g/mol. The first-order chi connectivity index (χ1) is 9.63. The Morgan fingerprint density at radius 3 is 2.70 bits per heavy atom. The number of benzene rings is 1. The molecular weight excluding hydrogens is 318 g/mol. The van der Waals surface area contributed by atoms with Crippen molar-refractivity contribution in [2.45, 2.75) is 25.9 Å². The number of pyridine rings is 1. The van der Waals surface area contributed by atoms with E-state index in [9.17, 15) is 5.11 Å². The van der Waals surface area contributed by atoms with Gasteiger partial charge in [0.15, 0.2) is 0 Å². The highest BCUT2D eigenvalue weighted by atomic mass is 79.9. The van der Waals surface area contributed by atoms with Crippen LogP contribution in [0.25, 0.3) is 0 Å². The van der Waals surface area contributed by atoms with Crippen LogP contribution in [-0.2, 0) is 12.8 Å². The second-order valence-corrected chi connectivity index (χ2v) is 5.53. The van der Waals surface area contributed by atoms with E-state index < -0.39 is 6.10 Å². The predicted molar refractivity (Wildman–Crippen MR) is 83.0 cm³/mol. The van der Waals surface area contributed by atoms with Crippen molar-refractivity contribution in [3.8, 4) is 5.75 Å². The maximum Gasteiger partial charge on any atom is 0.124 e. The van der Waals surface area contributed by atoms with Gasteiger partial charge in [0.2, 0.25) is 0 Å². The Balaban J connectivity index is 2.18. The summed E-state index contributed by atoms with van der Waals surface area (Å²) in [7, 11) is 1.60. The number of aliphatic hydroxyl groups is 1. The van der Waals surface area contributed by atoms with Gasteiger partial charge in [-0.05, 0) is 36.2 Å². The molecule has 0 radical (unpaired) electrons. The minimum absolute atomic E-state index is 0.469. The van der Waals surface area contributed by atoms with Crippen LogP contribution in [0.1, 0.15) is 29.8 Å². The lowest BCUT2D eigenvalue weighted by Gasteiger charge is -2.15. The van der Waals surface area contributed by atoms with Crippen LogP contribution >= 0.6 is 15.9 Å². The fourth-order valence-electron chi connectivity index (χ4n) is 2.06. The number of rotatable bonds is 5. The van der Waals surface area contributed by atoms with Gasteiger partial charge in [-0.25, -0.2) is 0 Å². The highest BCUT2D eigenvalue weighted by molar-refractivity contribution is 9.10. The van der Waals surface area contributed by atoms with E-state index in [4.69, 9.17) is 4.74 Å². The first-order valence-electron chi connectivity index (χ1n) is 6.59. The van der Waals surface area contributed by atoms with E-state index in [1.807, 2.05) is 36.5 Å². The molecule has 0 fully saturated rings. The number of nitrogens with zero attached hydrogens (tertiary/aromatic N) is 1. The Hall–Kier alpha value is -1.39. The van der Waals surface area contributed by atoms with Crippen LogP contribution in [0.5, 0.6) is 5.75 Å². The number of methoxy groups -OCH3 is 1. The molecule has 1 unspecified atom stereocenters. The standard InChI is InChI=1S/C16H18BrNO2/c1-3-11-4-6-13(18-10-11)9-15(19)14-8-12(17)5-7-16(14)20-2/h4-8,10,15,19H,3,9H2,1-2H3. The summed E-state index contributed by atoms with van der Waals surface area (Å²) in [6, 6.07) is 9.63. The zero-order valence-corrected chi connectivity index (χ0v) is 13.2. The zero-order chi connectivity index (χ0) is 14.5. The largest absolute Gasteiger partial charge is 0.496 e. The van der Waals surface area contributed by atoms with Crippen LogP contribution < -0.4 is 4.74 Å². The number of hydrogen-bond acceptors (Lipinski definition) is 3. The molecule has 0 amide bonds. The lowest BCUT2D eigenvalue weighted by Crippen LogP contribution is -2.05. The van der Waals surface area contributed by atoms with E-state index in [1.165, 1.54) is 5.56 Å². The van der Waals surface area contributed by atoms with Crippen molar-refractivity contribution >= 4 is 15.9 Å². The van der Waals surface area contributed by atoms with Crippen molar-refractivity contribution in [3.05, 3.63) is 57.8 Å². The molecule has 20 heavy (non-hydrogen) atoms. The van der Waals surface area contributed by atoms with Crippen molar-refractivity contribution in [2.24, 2.45) is 0 Å². The molecule has 0 aliphatic carbocycles. The first-order valence-corrected chi connectivity index (χ1v) is 7.38. The molecule has 1 N–H and O–H groups in total. The van der Waals surface area contributed by atoms with Gasteiger partial charge in [0, 0.05) is 28.3 Å². The first kappa shape index (κ1) is 15.0. The highest BCUT2D eigenvalue weighted by Gasteiger charge is 2.15. The molecule has 1 heterocycles. The van der Waals surface area contributed by atoms with Gasteiger partial charge in [-0.2, -0.15) is 0 Å². The number of hydrogen-bond donors (Lipinski definition) is 1. The summed E-state index contributed by atoms with van der Waals surface area (Å²) in [5.74, 6) is 0.686. The molecule has 2 aromatic rings. The van der Waals surface area contributed by atoms with Gasteiger partial charge in [0.05, 0.1) is 13.2 Å². The summed E-state index contributed by atoms with van der Waals surface area (Å²) in [5.41, 5.74) is 2.84. The Morgan fingerprint density at radius 1 is 1.30 bits per heavy atom. The van der Waals surface area contributed by atoms with Gasteiger partial charge in [0.1, 0.15) is 5.75 Å². The van der Waals surface area contributed by atoms with Crippen LogP contribution in [0.3, 0.4) is 0 Å². The molecule has 0 aliphatic heterocycles. The van der Waals surface area contributed by atoms with Crippen LogP contribution in [0.15, 0.2) is 41.0 Å². The van der Waals surface area contributed by atoms with Crippen molar-refractivity contribution in [2.75, 3.05) is 7.11 Å². The van der Waals surface area contributed by atoms with E-state index in [1.54, 1.807) is 7.11 Å². The van der Waals surface area contributed by atoms with Crippen LogP contribution in [0, 0.1) is 0 Å². The number of halogens is 1. The number of aromatic nitrogens is 1. The molecule has 0 saturated heterocycles. The van der Waals surface area contributed by atoms with Crippen molar-refractivity contribution in [1.29, 1.82) is 0 Å². The number of aliphatic hydroxyl groups excluding tert-OH is 1. The Kier molecular flexibility index (Phi) is 5.15. The molecule has 1 aromatic carbocycles. The van der Waals surface area contributed by atoms with Gasteiger partial charge in [-0.15, -0.1) is 0 Å². The van der Waals surface area contributed by atoms with E-state index in [-0.39, 0.29) is 0 Å². The lowest BCUT2D eigenvalue weighted by molar-refractivity contribution is 0.172. The maximum absolute atomic E-state index is 10.4. The van der Waals surface area contributed by atoms with Gasteiger partial charge in [0.25, 0.3) is 0 Å². The molecule has 0 aliphatic rings. The number of ether oxygens (including phenoxy) is 1. The van der Waals surface area contributed by atoms with E-state index in [0.29, 0.717) is 12.2 Å². The van der Waals surface area contributed by atoms with Crippen molar-refractivity contribution in [3.63, 3.8) is 0 Å². The molecule has 4 heteroatoms. The van der Waals surface area contributed by atoms with Gasteiger partial charge < -0.3 is 9.84 Å². The summed E-state index contributed by atoms with van der Waals surface area (Å²) in [6.45, 7) is 2.10. The van der Waals surface area contributed by atoms with E-state index in [0.717, 1.165) is 22.2 Å². The molecule has 1 atom stereocenters. The van der Waals surface area contributed by atoms with Crippen LogP contribution in [0.2, 0.25) is 0 Å². The second-order valence-electron chi connectivity index (χ2n) is 4.62. The van der Waals surface area contributed by atoms with Gasteiger partial charge in [-0.3, -0.25) is 4.98 Å². The molecule has 0 spiro atoms. The maximum atomic E-state index is 10.4. The molecule has 0 bridgehead atoms. The molecule has 0 saturated carbocycles. The topological polar surface area (TPSA) is 42.4 Å². The third-order valence-corrected chi connectivity index (χ3v) is 3.74. The molecule has 2 rings (SSSR count). The Morgan fingerprint density at radius 2 is 2.10 bits per heavy atom. The smallest absolute Gasteiger partial charge is 0.124 e. The summed E-state index contributed by atoms with van der Waals surface area (Å²) >= 11 is 3.42. The monoisotopic (exact) mass is 335 g/mol. The van der Waals surface area contributed by atoms with Crippen LogP contribution in [0.4, 0.5) is 0 Å². The third-order valence-electron chi connectivity index (χ3n) is 3.25. The summed E-state index contributed by atoms with van der Waals surface area (Å²) in [6.07, 6.45) is 2.66. The minimum Gasteiger partial charge on any atom is -0.496 e. The molecule has 106 valence electrons.